The van der Waals surface area contributed by atoms with Crippen LogP contribution in [-0.2, 0) is 6.42 Å². The molecule has 0 saturated heterocycles. The zero-order valence-corrected chi connectivity index (χ0v) is 12.3. The van der Waals surface area contributed by atoms with E-state index in [1.54, 1.807) is 0 Å². The van der Waals surface area contributed by atoms with Crippen molar-refractivity contribution in [3.05, 3.63) is 58.1 Å². The standard InChI is InChI=1S/C15H14BrN3O/c16-11-5-3-7-13(14(11)15(17)18-20)19-9-8-10-4-1-2-6-12(10)19/h1-7,20H,8-9H2,(H2,17,18). The zero-order chi connectivity index (χ0) is 14.1. The average Bonchev–Trinajstić information content (AvgIpc) is 2.90. The predicted octanol–water partition coefficient (Wildman–Crippen LogP) is 3.24. The van der Waals surface area contributed by atoms with Crippen LogP contribution in [0, 0.1) is 0 Å². The molecule has 1 aliphatic rings. The van der Waals surface area contributed by atoms with E-state index < -0.39 is 0 Å². The first-order valence-electron chi connectivity index (χ1n) is 6.34. The van der Waals surface area contributed by atoms with Crippen molar-refractivity contribution in [2.24, 2.45) is 10.9 Å². The smallest absolute Gasteiger partial charge is 0.173 e. The molecule has 0 spiro atoms. The van der Waals surface area contributed by atoms with Gasteiger partial charge in [0.05, 0.1) is 11.3 Å². The lowest BCUT2D eigenvalue weighted by atomic mass is 10.1. The molecule has 0 atom stereocenters. The molecule has 5 heteroatoms. The van der Waals surface area contributed by atoms with Crippen molar-refractivity contribution in [1.82, 2.24) is 0 Å². The molecule has 0 aromatic heterocycles. The summed E-state index contributed by atoms with van der Waals surface area (Å²) in [6.07, 6.45) is 0.998. The van der Waals surface area contributed by atoms with Crippen LogP contribution in [0.5, 0.6) is 0 Å². The largest absolute Gasteiger partial charge is 0.409 e. The first-order chi connectivity index (χ1) is 9.72. The second-order valence-corrected chi connectivity index (χ2v) is 5.50. The molecule has 0 bridgehead atoms. The summed E-state index contributed by atoms with van der Waals surface area (Å²) >= 11 is 3.48. The van der Waals surface area contributed by atoms with Crippen LogP contribution >= 0.6 is 15.9 Å². The molecule has 3 N–H and O–H groups in total. The second-order valence-electron chi connectivity index (χ2n) is 4.65. The van der Waals surface area contributed by atoms with Gasteiger partial charge in [-0.05, 0) is 46.1 Å². The molecule has 0 unspecified atom stereocenters. The molecule has 20 heavy (non-hydrogen) atoms. The Morgan fingerprint density at radius 1 is 1.15 bits per heavy atom. The van der Waals surface area contributed by atoms with E-state index in [0.29, 0.717) is 5.56 Å². The van der Waals surface area contributed by atoms with Crippen molar-refractivity contribution in [2.75, 3.05) is 11.4 Å². The summed E-state index contributed by atoms with van der Waals surface area (Å²) in [7, 11) is 0. The number of fused-ring (bicyclic) bond motifs is 1. The Balaban J connectivity index is 2.15. The van der Waals surface area contributed by atoms with Gasteiger partial charge in [0.2, 0.25) is 0 Å². The van der Waals surface area contributed by atoms with E-state index in [1.165, 1.54) is 11.3 Å². The number of nitrogens with zero attached hydrogens (tertiary/aromatic N) is 2. The first kappa shape index (κ1) is 13.0. The molecule has 1 aliphatic heterocycles. The Bertz CT molecular complexity index is 685. The molecule has 0 aliphatic carbocycles. The van der Waals surface area contributed by atoms with Gasteiger partial charge in [0.15, 0.2) is 5.84 Å². The Labute approximate surface area is 125 Å². The number of rotatable bonds is 2. The van der Waals surface area contributed by atoms with E-state index in [2.05, 4.69) is 38.1 Å². The van der Waals surface area contributed by atoms with Gasteiger partial charge in [-0.2, -0.15) is 0 Å². The number of hydrogen-bond donors (Lipinski definition) is 2. The van der Waals surface area contributed by atoms with Gasteiger partial charge < -0.3 is 15.8 Å². The average molecular weight is 332 g/mol. The number of amidine groups is 1. The number of nitrogens with two attached hydrogens (primary N) is 1. The highest BCUT2D eigenvalue weighted by Gasteiger charge is 2.24. The Kier molecular flexibility index (Phi) is 3.36. The molecule has 2 aromatic carbocycles. The summed E-state index contributed by atoms with van der Waals surface area (Å²) in [5.74, 6) is 0.108. The van der Waals surface area contributed by atoms with E-state index in [0.717, 1.165) is 23.1 Å². The van der Waals surface area contributed by atoms with Gasteiger partial charge >= 0.3 is 0 Å². The predicted molar refractivity (Wildman–Crippen MR) is 83.8 cm³/mol. The minimum atomic E-state index is 0.108. The monoisotopic (exact) mass is 331 g/mol. The molecule has 3 rings (SSSR count). The van der Waals surface area contributed by atoms with Crippen LogP contribution in [0.4, 0.5) is 11.4 Å². The van der Waals surface area contributed by atoms with E-state index in [9.17, 15) is 0 Å². The van der Waals surface area contributed by atoms with Gasteiger partial charge in [-0.3, -0.25) is 0 Å². The maximum absolute atomic E-state index is 9.00. The summed E-state index contributed by atoms with van der Waals surface area (Å²) in [4.78, 5) is 2.20. The highest BCUT2D eigenvalue weighted by atomic mass is 79.9. The Hall–Kier alpha value is -2.01. The summed E-state index contributed by atoms with van der Waals surface area (Å²) in [6, 6.07) is 14.1. The molecule has 0 radical (unpaired) electrons. The van der Waals surface area contributed by atoms with E-state index >= 15 is 0 Å². The van der Waals surface area contributed by atoms with Crippen LogP contribution in [0.25, 0.3) is 0 Å². The molecule has 4 nitrogen and oxygen atoms in total. The molecular weight excluding hydrogens is 318 g/mol. The quantitative estimate of drug-likeness (QED) is 0.384. The molecular formula is C15H14BrN3O. The lowest BCUT2D eigenvalue weighted by Crippen LogP contribution is -2.21. The van der Waals surface area contributed by atoms with Crippen LogP contribution in [0.2, 0.25) is 0 Å². The number of hydrogen-bond acceptors (Lipinski definition) is 3. The fourth-order valence-electron chi connectivity index (χ4n) is 2.63. The molecule has 1 heterocycles. The van der Waals surface area contributed by atoms with Crippen LogP contribution in [-0.4, -0.2) is 17.6 Å². The third-order valence-electron chi connectivity index (χ3n) is 3.53. The topological polar surface area (TPSA) is 61.9 Å². The summed E-state index contributed by atoms with van der Waals surface area (Å²) < 4.78 is 0.815. The minimum absolute atomic E-state index is 0.108. The third kappa shape index (κ3) is 2.04. The van der Waals surface area contributed by atoms with Gasteiger partial charge in [0.1, 0.15) is 0 Å². The van der Waals surface area contributed by atoms with Crippen LogP contribution in [0.15, 0.2) is 52.1 Å². The van der Waals surface area contributed by atoms with Crippen LogP contribution in [0.1, 0.15) is 11.1 Å². The Morgan fingerprint density at radius 3 is 2.70 bits per heavy atom. The van der Waals surface area contributed by atoms with Crippen molar-refractivity contribution in [1.29, 1.82) is 0 Å². The molecule has 0 fully saturated rings. The number of benzene rings is 2. The van der Waals surface area contributed by atoms with Crippen LogP contribution in [0.3, 0.4) is 0 Å². The Morgan fingerprint density at radius 2 is 1.90 bits per heavy atom. The third-order valence-corrected chi connectivity index (χ3v) is 4.19. The van der Waals surface area contributed by atoms with Gasteiger partial charge in [0.25, 0.3) is 0 Å². The first-order valence-corrected chi connectivity index (χ1v) is 7.13. The SMILES string of the molecule is N/C(=N/O)c1c(Br)cccc1N1CCc2ccccc21. The normalized spacial score (nSPS) is 14.4. The fourth-order valence-corrected chi connectivity index (χ4v) is 3.19. The van der Waals surface area contributed by atoms with E-state index in [1.807, 2.05) is 30.3 Å². The van der Waals surface area contributed by atoms with Gasteiger partial charge in [-0.1, -0.05) is 29.4 Å². The maximum Gasteiger partial charge on any atom is 0.173 e. The summed E-state index contributed by atoms with van der Waals surface area (Å²) in [5, 5.41) is 12.1. The van der Waals surface area contributed by atoms with E-state index in [-0.39, 0.29) is 5.84 Å². The van der Waals surface area contributed by atoms with Crippen molar-refractivity contribution >= 4 is 33.1 Å². The summed E-state index contributed by atoms with van der Waals surface area (Å²) in [5.41, 5.74) is 9.98. The summed E-state index contributed by atoms with van der Waals surface area (Å²) in [6.45, 7) is 0.890. The van der Waals surface area contributed by atoms with Crippen molar-refractivity contribution in [2.45, 2.75) is 6.42 Å². The van der Waals surface area contributed by atoms with Crippen molar-refractivity contribution < 1.29 is 5.21 Å². The second kappa shape index (κ2) is 5.17. The van der Waals surface area contributed by atoms with Gasteiger partial charge in [0, 0.05) is 16.7 Å². The lowest BCUT2D eigenvalue weighted by molar-refractivity contribution is 0.318. The number of anilines is 2. The van der Waals surface area contributed by atoms with Gasteiger partial charge in [-0.25, -0.2) is 0 Å². The van der Waals surface area contributed by atoms with Gasteiger partial charge in [-0.15, -0.1) is 0 Å². The number of halogens is 1. The molecule has 0 amide bonds. The molecule has 0 saturated carbocycles. The van der Waals surface area contributed by atoms with E-state index in [4.69, 9.17) is 10.9 Å². The van der Waals surface area contributed by atoms with Crippen LogP contribution < -0.4 is 10.6 Å². The zero-order valence-electron chi connectivity index (χ0n) is 10.8. The molecule has 2 aromatic rings. The number of oxime groups is 1. The highest BCUT2D eigenvalue weighted by Crippen LogP contribution is 2.38. The van der Waals surface area contributed by atoms with Crippen molar-refractivity contribution in [3.63, 3.8) is 0 Å². The lowest BCUT2D eigenvalue weighted by Gasteiger charge is -2.23. The maximum atomic E-state index is 9.00. The molecule has 102 valence electrons. The van der Waals surface area contributed by atoms with Crippen molar-refractivity contribution in [3.8, 4) is 0 Å². The minimum Gasteiger partial charge on any atom is -0.409 e. The fraction of sp³-hybridized carbons (Fsp3) is 0.133. The highest BCUT2D eigenvalue weighted by molar-refractivity contribution is 9.10. The number of para-hydroxylation sites is 1.